The normalized spacial score (nSPS) is 23.2. The number of hydrogen-bond donors (Lipinski definition) is 7. The number of benzene rings is 1. The highest BCUT2D eigenvalue weighted by Crippen LogP contribution is 2.44. The van der Waals surface area contributed by atoms with Gasteiger partial charge in [0.1, 0.15) is 36.1 Å². The van der Waals surface area contributed by atoms with Gasteiger partial charge in [-0.2, -0.15) is 0 Å². The molecule has 4 rings (SSSR count). The molecule has 2 aromatic heterocycles. The molecule has 1 aliphatic rings. The number of anilines is 1. The topological polar surface area (TPSA) is 213 Å². The van der Waals surface area contributed by atoms with Crippen molar-refractivity contribution in [2.45, 2.75) is 31.1 Å². The third-order valence-electron chi connectivity index (χ3n) is 4.98. The zero-order chi connectivity index (χ0) is 23.9. The number of aromatic hydroxyl groups is 1. The maximum atomic E-state index is 11.2. The Morgan fingerprint density at radius 2 is 1.97 bits per heavy atom. The highest BCUT2D eigenvalue weighted by molar-refractivity contribution is 9.10. The molecule has 178 valence electrons. The van der Waals surface area contributed by atoms with E-state index in [1.807, 2.05) is 0 Å². The van der Waals surface area contributed by atoms with Gasteiger partial charge in [-0.3, -0.25) is 14.4 Å². The van der Waals surface area contributed by atoms with Gasteiger partial charge in [0.25, 0.3) is 0 Å². The van der Waals surface area contributed by atoms with Crippen molar-refractivity contribution in [1.82, 2.24) is 19.5 Å². The van der Waals surface area contributed by atoms with Crippen molar-refractivity contribution in [3.8, 4) is 11.5 Å². The van der Waals surface area contributed by atoms with Crippen LogP contribution in [0.3, 0.4) is 0 Å². The maximum Gasteiger partial charge on any atom is 0.524 e. The van der Waals surface area contributed by atoms with Crippen LogP contribution < -0.4 is 9.84 Å². The number of halogens is 1. The molecule has 0 saturated carbocycles. The van der Waals surface area contributed by atoms with Crippen LogP contribution in [0.4, 0.5) is 5.82 Å². The minimum absolute atomic E-state index is 0.0440. The molecule has 0 spiro atoms. The fourth-order valence-corrected chi connectivity index (χ4v) is 4.50. The van der Waals surface area contributed by atoms with E-state index in [4.69, 9.17) is 14.5 Å². The van der Waals surface area contributed by atoms with E-state index in [0.29, 0.717) is 0 Å². The number of nitrogens with one attached hydrogen (secondary N) is 1. The minimum Gasteiger partial charge on any atom is -0.508 e. The van der Waals surface area contributed by atoms with Crippen LogP contribution in [0.2, 0.25) is 0 Å². The van der Waals surface area contributed by atoms with E-state index in [0.717, 1.165) is 0 Å². The van der Waals surface area contributed by atoms with Crippen LogP contribution in [0.15, 0.2) is 29.3 Å². The average molecular weight is 548 g/mol. The van der Waals surface area contributed by atoms with E-state index < -0.39 is 39.0 Å². The monoisotopic (exact) mass is 547 g/mol. The fourth-order valence-electron chi connectivity index (χ4n) is 3.41. The summed E-state index contributed by atoms with van der Waals surface area (Å²) in [5, 5.41) is 42.7. The van der Waals surface area contributed by atoms with Crippen molar-refractivity contribution >= 4 is 40.7 Å². The van der Waals surface area contributed by atoms with E-state index in [9.17, 15) is 25.0 Å². The van der Waals surface area contributed by atoms with Gasteiger partial charge < -0.3 is 35.0 Å². The van der Waals surface area contributed by atoms with Crippen molar-refractivity contribution in [2.75, 3.05) is 11.9 Å². The molecule has 0 aliphatic carbocycles. The SMILES string of the molecule is O=P(O)(O)Oc1ccc(O)c(CNc2ncnc3c2ncn3[C@@H]2O[C@H](CO)[C@@H](O)[C@H]2O)c1Br. The van der Waals surface area contributed by atoms with Gasteiger partial charge in [0.2, 0.25) is 0 Å². The Kier molecular flexibility index (Phi) is 6.57. The lowest BCUT2D eigenvalue weighted by Gasteiger charge is -2.16. The first-order valence-electron chi connectivity index (χ1n) is 9.40. The summed E-state index contributed by atoms with van der Waals surface area (Å²) in [4.78, 5) is 30.6. The second-order valence-corrected chi connectivity index (χ2v) is 9.04. The van der Waals surface area contributed by atoms with Crippen molar-refractivity contribution in [1.29, 1.82) is 0 Å². The number of imidazole rings is 1. The van der Waals surface area contributed by atoms with Crippen LogP contribution in [0, 0.1) is 0 Å². The van der Waals surface area contributed by atoms with Gasteiger partial charge in [-0.15, -0.1) is 0 Å². The molecule has 1 saturated heterocycles. The van der Waals surface area contributed by atoms with E-state index in [1.165, 1.54) is 29.4 Å². The summed E-state index contributed by atoms with van der Waals surface area (Å²) in [7, 11) is -4.81. The Labute approximate surface area is 193 Å². The van der Waals surface area contributed by atoms with Crippen LogP contribution in [-0.2, 0) is 15.8 Å². The number of phosphoric ester groups is 1. The zero-order valence-electron chi connectivity index (χ0n) is 16.6. The first-order valence-corrected chi connectivity index (χ1v) is 11.7. The minimum atomic E-state index is -4.81. The Hall–Kier alpha value is -2.36. The molecule has 1 aromatic carbocycles. The van der Waals surface area contributed by atoms with Crippen LogP contribution in [0.25, 0.3) is 11.2 Å². The number of ether oxygens (including phenoxy) is 1. The number of aliphatic hydroxyl groups excluding tert-OH is 3. The van der Waals surface area contributed by atoms with E-state index in [2.05, 4.69) is 40.7 Å². The highest BCUT2D eigenvalue weighted by Gasteiger charge is 2.44. The van der Waals surface area contributed by atoms with Crippen molar-refractivity contribution in [3.63, 3.8) is 0 Å². The van der Waals surface area contributed by atoms with Crippen LogP contribution in [0.5, 0.6) is 11.5 Å². The van der Waals surface area contributed by atoms with E-state index >= 15 is 0 Å². The number of nitrogens with zero attached hydrogens (tertiary/aromatic N) is 4. The largest absolute Gasteiger partial charge is 0.524 e. The number of hydrogen-bond acceptors (Lipinski definition) is 11. The molecule has 0 radical (unpaired) electrons. The Balaban J connectivity index is 1.60. The Morgan fingerprint density at radius 1 is 1.21 bits per heavy atom. The molecule has 0 amide bonds. The number of aromatic nitrogens is 4. The Bertz CT molecular complexity index is 1220. The van der Waals surface area contributed by atoms with Crippen LogP contribution >= 0.6 is 23.8 Å². The third kappa shape index (κ3) is 4.67. The van der Waals surface area contributed by atoms with Gasteiger partial charge in [-0.1, -0.05) is 0 Å². The third-order valence-corrected chi connectivity index (χ3v) is 6.29. The molecular formula is C17H19BrN5O9P. The summed E-state index contributed by atoms with van der Waals surface area (Å²) in [6, 6.07) is 2.42. The molecule has 0 bridgehead atoms. The fraction of sp³-hybridized carbons (Fsp3) is 0.353. The molecular weight excluding hydrogens is 529 g/mol. The number of fused-ring (bicyclic) bond motifs is 1. The molecule has 4 atom stereocenters. The summed E-state index contributed by atoms with van der Waals surface area (Å²) < 4.78 is 22.8. The molecule has 33 heavy (non-hydrogen) atoms. The number of rotatable bonds is 7. The Morgan fingerprint density at radius 3 is 2.64 bits per heavy atom. The predicted octanol–water partition coefficient (Wildman–Crippen LogP) is -0.0105. The second-order valence-electron chi connectivity index (χ2n) is 7.09. The maximum absolute atomic E-state index is 11.2. The number of phosphoric acid groups is 1. The quantitative estimate of drug-likeness (QED) is 0.194. The molecule has 1 aliphatic heterocycles. The molecule has 3 heterocycles. The summed E-state index contributed by atoms with van der Waals surface area (Å²) in [6.07, 6.45) is -2.05. The van der Waals surface area contributed by atoms with Gasteiger partial charge in [0.15, 0.2) is 23.2 Å². The van der Waals surface area contributed by atoms with Gasteiger partial charge in [-0.05, 0) is 28.1 Å². The molecule has 0 unspecified atom stereocenters. The summed E-state index contributed by atoms with van der Waals surface area (Å²) in [5.74, 6) is -0.0905. The van der Waals surface area contributed by atoms with Gasteiger partial charge in [-0.25, -0.2) is 19.5 Å². The summed E-state index contributed by atoms with van der Waals surface area (Å²) in [6.45, 7) is -0.524. The number of aliphatic hydroxyl groups is 3. The molecule has 3 aromatic rings. The standard InChI is InChI=1S/C17H19BrN5O9P/c18-11-7(8(25)1-2-9(11)32-33(28,29)30)3-19-15-12-16(21-5-20-15)23(6-22-12)17-14(27)13(26)10(4-24)31-17/h1-2,5-6,10,13-14,17,24-27H,3-4H2,(H,19,20,21)(H2,28,29,30)/t10-,13-,14-,17-/m1/s1. The molecule has 7 N–H and O–H groups in total. The zero-order valence-corrected chi connectivity index (χ0v) is 19.0. The summed E-state index contributed by atoms with van der Waals surface area (Å²) in [5.41, 5.74) is 0.785. The van der Waals surface area contributed by atoms with Crippen LogP contribution in [0.1, 0.15) is 11.8 Å². The van der Waals surface area contributed by atoms with Crippen molar-refractivity contribution in [2.24, 2.45) is 0 Å². The summed E-state index contributed by atoms with van der Waals surface area (Å²) >= 11 is 3.17. The van der Waals surface area contributed by atoms with Crippen molar-refractivity contribution < 1.29 is 44.0 Å². The lowest BCUT2D eigenvalue weighted by Crippen LogP contribution is -2.33. The molecule has 1 fully saturated rings. The van der Waals surface area contributed by atoms with Gasteiger partial charge in [0.05, 0.1) is 17.4 Å². The molecule has 14 nitrogen and oxygen atoms in total. The van der Waals surface area contributed by atoms with Crippen LogP contribution in [-0.4, -0.2) is 74.7 Å². The smallest absolute Gasteiger partial charge is 0.508 e. The van der Waals surface area contributed by atoms with Crippen molar-refractivity contribution in [3.05, 3.63) is 34.8 Å². The first kappa shape index (κ1) is 23.8. The van der Waals surface area contributed by atoms with E-state index in [-0.39, 0.29) is 45.1 Å². The predicted molar refractivity (Wildman–Crippen MR) is 114 cm³/mol. The lowest BCUT2D eigenvalue weighted by molar-refractivity contribution is -0.0511. The number of phenolic OH excluding ortho intramolecular Hbond substituents is 1. The van der Waals surface area contributed by atoms with Gasteiger partial charge in [0, 0.05) is 12.1 Å². The lowest BCUT2D eigenvalue weighted by atomic mass is 10.1. The van der Waals surface area contributed by atoms with Gasteiger partial charge >= 0.3 is 7.82 Å². The second kappa shape index (κ2) is 9.12. The molecule has 16 heteroatoms. The van der Waals surface area contributed by atoms with E-state index in [1.54, 1.807) is 0 Å². The highest BCUT2D eigenvalue weighted by atomic mass is 79.9. The number of phenols is 1. The first-order chi connectivity index (χ1) is 15.6. The average Bonchev–Trinajstić information content (AvgIpc) is 3.31.